The summed E-state index contributed by atoms with van der Waals surface area (Å²) in [6.07, 6.45) is -0.120. The van der Waals surface area contributed by atoms with Gasteiger partial charge in [0.05, 0.1) is 17.9 Å². The third-order valence-corrected chi connectivity index (χ3v) is 4.00. The number of ether oxygens (including phenoxy) is 2. The van der Waals surface area contributed by atoms with Crippen LogP contribution in [-0.4, -0.2) is 47.6 Å². The Hall–Kier alpha value is -2.08. The Bertz CT molecular complexity index is 608. The number of para-hydroxylation sites is 2. The molecule has 0 radical (unpaired) electrons. The third kappa shape index (κ3) is 2.43. The molecule has 2 aliphatic rings. The van der Waals surface area contributed by atoms with Gasteiger partial charge in [0.15, 0.2) is 0 Å². The summed E-state index contributed by atoms with van der Waals surface area (Å²) in [6, 6.07) is 7.10. The van der Waals surface area contributed by atoms with E-state index in [9.17, 15) is 9.59 Å². The molecule has 6 heteroatoms. The first-order chi connectivity index (χ1) is 10.4. The molecule has 1 fully saturated rings. The van der Waals surface area contributed by atoms with Gasteiger partial charge in [0.2, 0.25) is 0 Å². The summed E-state index contributed by atoms with van der Waals surface area (Å²) < 4.78 is 11.4. The number of carbonyl (C=O) groups excluding carboxylic acids is 2. The van der Waals surface area contributed by atoms with Gasteiger partial charge in [-0.15, -0.1) is 0 Å². The molecule has 2 amide bonds. The van der Waals surface area contributed by atoms with Gasteiger partial charge in [-0.1, -0.05) is 12.1 Å². The van der Waals surface area contributed by atoms with Crippen molar-refractivity contribution in [2.45, 2.75) is 38.6 Å². The smallest absolute Gasteiger partial charge is 0.278 e. The number of amides is 2. The lowest BCUT2D eigenvalue weighted by Gasteiger charge is -2.41. The molecule has 2 heterocycles. The number of fused-ring (bicyclic) bond motifs is 1. The third-order valence-electron chi connectivity index (χ3n) is 4.00. The van der Waals surface area contributed by atoms with Gasteiger partial charge in [-0.25, -0.2) is 0 Å². The molecule has 0 spiro atoms. The van der Waals surface area contributed by atoms with Gasteiger partial charge in [-0.05, 0) is 32.9 Å². The van der Waals surface area contributed by atoms with Gasteiger partial charge in [-0.3, -0.25) is 9.59 Å². The SMILES string of the molecule is CC1CN(C(=O)C2(C)Oc3ccccc3NC2=O)CC(C)O1. The van der Waals surface area contributed by atoms with E-state index >= 15 is 0 Å². The Balaban J connectivity index is 1.86. The largest absolute Gasteiger partial charge is 0.466 e. The monoisotopic (exact) mass is 304 g/mol. The zero-order chi connectivity index (χ0) is 15.9. The van der Waals surface area contributed by atoms with Gasteiger partial charge in [0.1, 0.15) is 5.75 Å². The highest BCUT2D eigenvalue weighted by Crippen LogP contribution is 2.34. The van der Waals surface area contributed by atoms with Crippen LogP contribution in [0, 0.1) is 0 Å². The summed E-state index contributed by atoms with van der Waals surface area (Å²) in [6.45, 7) is 6.25. The van der Waals surface area contributed by atoms with Crippen molar-refractivity contribution in [1.82, 2.24) is 4.90 Å². The van der Waals surface area contributed by atoms with Crippen molar-refractivity contribution in [3.05, 3.63) is 24.3 Å². The van der Waals surface area contributed by atoms with Crippen molar-refractivity contribution in [2.24, 2.45) is 0 Å². The number of benzene rings is 1. The van der Waals surface area contributed by atoms with Crippen LogP contribution in [0.2, 0.25) is 0 Å². The lowest BCUT2D eigenvalue weighted by Crippen LogP contribution is -2.62. The summed E-state index contributed by atoms with van der Waals surface area (Å²) in [4.78, 5) is 26.9. The van der Waals surface area contributed by atoms with Crippen molar-refractivity contribution in [3.63, 3.8) is 0 Å². The van der Waals surface area contributed by atoms with Gasteiger partial charge < -0.3 is 19.7 Å². The quantitative estimate of drug-likeness (QED) is 0.797. The molecule has 2 aliphatic heterocycles. The molecule has 0 aliphatic carbocycles. The molecule has 6 nitrogen and oxygen atoms in total. The molecule has 1 N–H and O–H groups in total. The van der Waals surface area contributed by atoms with E-state index in [2.05, 4.69) is 5.32 Å². The fraction of sp³-hybridized carbons (Fsp3) is 0.500. The van der Waals surface area contributed by atoms with Crippen molar-refractivity contribution < 1.29 is 19.1 Å². The summed E-state index contributed by atoms with van der Waals surface area (Å²) in [5.74, 6) is -0.267. The number of rotatable bonds is 1. The summed E-state index contributed by atoms with van der Waals surface area (Å²) in [7, 11) is 0. The highest BCUT2D eigenvalue weighted by molar-refractivity contribution is 6.15. The minimum absolute atomic E-state index is 0.0600. The first-order valence-corrected chi connectivity index (χ1v) is 7.44. The molecular weight excluding hydrogens is 284 g/mol. The molecule has 0 saturated carbocycles. The molecule has 1 aromatic carbocycles. The Labute approximate surface area is 129 Å². The summed E-state index contributed by atoms with van der Waals surface area (Å²) >= 11 is 0. The van der Waals surface area contributed by atoms with E-state index in [0.29, 0.717) is 24.5 Å². The molecule has 0 bridgehead atoms. The van der Waals surface area contributed by atoms with Gasteiger partial charge in [-0.2, -0.15) is 0 Å². The van der Waals surface area contributed by atoms with Crippen LogP contribution < -0.4 is 10.1 Å². The molecule has 1 aromatic rings. The van der Waals surface area contributed by atoms with Crippen molar-refractivity contribution in [3.8, 4) is 5.75 Å². The van der Waals surface area contributed by atoms with Crippen LogP contribution in [0.3, 0.4) is 0 Å². The Morgan fingerprint density at radius 1 is 1.27 bits per heavy atom. The predicted molar refractivity (Wildman–Crippen MR) is 80.7 cm³/mol. The standard InChI is InChI=1S/C16H20N2O4/c1-10-8-18(9-11(2)21-10)15(20)16(3)14(19)17-12-6-4-5-7-13(12)22-16/h4-7,10-11H,8-9H2,1-3H3,(H,17,19). The van der Waals surface area contributed by atoms with E-state index in [-0.39, 0.29) is 18.1 Å². The van der Waals surface area contributed by atoms with Gasteiger partial charge >= 0.3 is 0 Å². The van der Waals surface area contributed by atoms with E-state index in [1.54, 1.807) is 29.2 Å². The van der Waals surface area contributed by atoms with Crippen LogP contribution in [0.1, 0.15) is 20.8 Å². The molecule has 118 valence electrons. The van der Waals surface area contributed by atoms with Crippen LogP contribution in [-0.2, 0) is 14.3 Å². The molecule has 3 atom stereocenters. The van der Waals surface area contributed by atoms with Crippen LogP contribution >= 0.6 is 0 Å². The van der Waals surface area contributed by atoms with Crippen LogP contribution in [0.25, 0.3) is 0 Å². The number of hydrogen-bond donors (Lipinski definition) is 1. The van der Waals surface area contributed by atoms with E-state index in [0.717, 1.165) is 0 Å². The van der Waals surface area contributed by atoms with Crippen molar-refractivity contribution in [1.29, 1.82) is 0 Å². The topological polar surface area (TPSA) is 67.9 Å². The molecule has 22 heavy (non-hydrogen) atoms. The Morgan fingerprint density at radius 2 is 1.91 bits per heavy atom. The van der Waals surface area contributed by atoms with Crippen molar-refractivity contribution in [2.75, 3.05) is 18.4 Å². The van der Waals surface area contributed by atoms with Crippen LogP contribution in [0.4, 0.5) is 5.69 Å². The summed E-state index contributed by atoms with van der Waals surface area (Å²) in [5, 5.41) is 2.75. The summed E-state index contributed by atoms with van der Waals surface area (Å²) in [5.41, 5.74) is -0.966. The Morgan fingerprint density at radius 3 is 2.59 bits per heavy atom. The highest BCUT2D eigenvalue weighted by atomic mass is 16.5. The Kier molecular flexibility index (Phi) is 3.56. The minimum atomic E-state index is -1.55. The average molecular weight is 304 g/mol. The maximum absolute atomic E-state index is 12.9. The predicted octanol–water partition coefficient (Wildman–Crippen LogP) is 1.41. The second-order valence-corrected chi connectivity index (χ2v) is 6.05. The number of morpholine rings is 1. The fourth-order valence-electron chi connectivity index (χ4n) is 2.95. The van der Waals surface area contributed by atoms with E-state index in [4.69, 9.17) is 9.47 Å². The second kappa shape index (κ2) is 5.28. The minimum Gasteiger partial charge on any atom is -0.466 e. The lowest BCUT2D eigenvalue weighted by molar-refractivity contribution is -0.163. The molecule has 0 aromatic heterocycles. The van der Waals surface area contributed by atoms with Crippen LogP contribution in [0.5, 0.6) is 5.75 Å². The second-order valence-electron chi connectivity index (χ2n) is 6.05. The number of anilines is 1. The molecule has 1 saturated heterocycles. The normalized spacial score (nSPS) is 31.0. The average Bonchev–Trinajstić information content (AvgIpc) is 2.46. The molecular formula is C16H20N2O4. The maximum Gasteiger partial charge on any atom is 0.278 e. The van der Waals surface area contributed by atoms with E-state index in [1.165, 1.54) is 6.92 Å². The molecule has 3 unspecified atom stereocenters. The van der Waals surface area contributed by atoms with Crippen molar-refractivity contribution >= 4 is 17.5 Å². The highest BCUT2D eigenvalue weighted by Gasteiger charge is 2.50. The first kappa shape index (κ1) is 14.8. The fourth-order valence-corrected chi connectivity index (χ4v) is 2.95. The number of carbonyl (C=O) groups is 2. The lowest BCUT2D eigenvalue weighted by atomic mass is 10.00. The van der Waals surface area contributed by atoms with E-state index in [1.807, 2.05) is 13.8 Å². The van der Waals surface area contributed by atoms with E-state index < -0.39 is 11.5 Å². The number of nitrogens with one attached hydrogen (secondary N) is 1. The zero-order valence-electron chi connectivity index (χ0n) is 13.0. The molecule has 3 rings (SSSR count). The zero-order valence-corrected chi connectivity index (χ0v) is 13.0. The number of hydrogen-bond acceptors (Lipinski definition) is 4. The van der Waals surface area contributed by atoms with Gasteiger partial charge in [0.25, 0.3) is 17.4 Å². The maximum atomic E-state index is 12.9. The number of nitrogens with zero attached hydrogens (tertiary/aromatic N) is 1. The first-order valence-electron chi connectivity index (χ1n) is 7.44. The van der Waals surface area contributed by atoms with Gasteiger partial charge in [0, 0.05) is 13.1 Å². The van der Waals surface area contributed by atoms with Crippen LogP contribution in [0.15, 0.2) is 24.3 Å².